The molecular weight excluding hydrogens is 595 g/mol. The third-order valence-electron chi connectivity index (χ3n) is 9.38. The van der Waals surface area contributed by atoms with Crippen molar-refractivity contribution in [1.82, 2.24) is 24.2 Å². The highest BCUT2D eigenvalue weighted by Crippen LogP contribution is 2.63. The van der Waals surface area contributed by atoms with Gasteiger partial charge in [0.05, 0.1) is 23.5 Å². The van der Waals surface area contributed by atoms with Gasteiger partial charge < -0.3 is 10.6 Å². The maximum Gasteiger partial charge on any atom is 0.386 e. The smallest absolute Gasteiger partial charge is 0.321 e. The minimum atomic E-state index is -4.57. The van der Waals surface area contributed by atoms with Gasteiger partial charge in [0.1, 0.15) is 16.8 Å². The number of carbonyl (C=O) groups is 2. The summed E-state index contributed by atoms with van der Waals surface area (Å²) in [6, 6.07) is 10.7. The average molecular weight is 628 g/mol. The van der Waals surface area contributed by atoms with Gasteiger partial charge in [0.2, 0.25) is 0 Å². The number of piperidine rings is 1. The molecule has 2 aliphatic heterocycles. The van der Waals surface area contributed by atoms with Crippen molar-refractivity contribution in [1.29, 1.82) is 0 Å². The van der Waals surface area contributed by atoms with E-state index in [-0.39, 0.29) is 22.4 Å². The van der Waals surface area contributed by atoms with Crippen LogP contribution < -0.4 is 14.5 Å². The number of hydrogen-bond donors (Lipinski definition) is 2. The number of fused-ring (bicyclic) bond motifs is 2. The van der Waals surface area contributed by atoms with Crippen molar-refractivity contribution in [2.45, 2.75) is 49.0 Å². The summed E-state index contributed by atoms with van der Waals surface area (Å²) >= 11 is 0. The second kappa shape index (κ2) is 10.9. The summed E-state index contributed by atoms with van der Waals surface area (Å²) in [5.41, 5.74) is 1.90. The molecule has 230 valence electrons. The SMILES string of the molecule is Cc1cncc(NC(=O)c2ccc3c(c2)C2(CCNCC2)C(C2CC2)[N+]3(C(=O)c2cnccn2)S(=O)(=O)c2ccc(F)cc2)c1. The molecule has 7 rings (SSSR count). The number of aromatic nitrogens is 3. The van der Waals surface area contributed by atoms with Gasteiger partial charge in [-0.05, 0) is 93.7 Å². The Kier molecular flexibility index (Phi) is 7.10. The van der Waals surface area contributed by atoms with E-state index in [9.17, 15) is 14.0 Å². The second-order valence-electron chi connectivity index (χ2n) is 12.1. The van der Waals surface area contributed by atoms with E-state index in [1.165, 1.54) is 30.7 Å². The molecule has 10 nitrogen and oxygen atoms in total. The molecule has 3 aliphatic rings. The van der Waals surface area contributed by atoms with Crippen LogP contribution in [0.2, 0.25) is 0 Å². The number of pyridine rings is 1. The lowest BCUT2D eigenvalue weighted by molar-refractivity contribution is 0.0749. The lowest BCUT2D eigenvalue weighted by atomic mass is 9.68. The van der Waals surface area contributed by atoms with Crippen LogP contribution in [0, 0.1) is 18.7 Å². The molecule has 0 radical (unpaired) electrons. The van der Waals surface area contributed by atoms with Crippen LogP contribution in [0.5, 0.6) is 0 Å². The topological polar surface area (TPSA) is 131 Å². The maximum atomic E-state index is 15.2. The number of benzene rings is 2. The molecule has 1 aliphatic carbocycles. The first-order valence-electron chi connectivity index (χ1n) is 15.0. The third-order valence-corrected chi connectivity index (χ3v) is 11.6. The minimum absolute atomic E-state index is 0.0815. The van der Waals surface area contributed by atoms with Gasteiger partial charge in [-0.3, -0.25) is 14.8 Å². The van der Waals surface area contributed by atoms with Gasteiger partial charge in [-0.25, -0.2) is 14.2 Å². The normalized spacial score (nSPS) is 22.1. The minimum Gasteiger partial charge on any atom is -0.321 e. The summed E-state index contributed by atoms with van der Waals surface area (Å²) in [6.45, 7) is 3.11. The molecule has 2 unspecified atom stereocenters. The molecule has 12 heteroatoms. The number of carbonyl (C=O) groups excluding carboxylic acids is 2. The highest BCUT2D eigenvalue weighted by atomic mass is 32.2. The lowest BCUT2D eigenvalue weighted by Gasteiger charge is -2.43. The van der Waals surface area contributed by atoms with E-state index >= 15 is 8.42 Å². The number of anilines is 1. The Hall–Kier alpha value is -4.39. The summed E-state index contributed by atoms with van der Waals surface area (Å²) in [4.78, 5) is 41.0. The molecule has 2 atom stereocenters. The predicted molar refractivity (Wildman–Crippen MR) is 165 cm³/mol. The number of nitrogens with one attached hydrogen (secondary N) is 2. The van der Waals surface area contributed by atoms with Crippen molar-refractivity contribution in [3.8, 4) is 0 Å². The van der Waals surface area contributed by atoms with Gasteiger partial charge in [-0.15, -0.1) is 3.89 Å². The van der Waals surface area contributed by atoms with Crippen molar-refractivity contribution in [3.05, 3.63) is 108 Å². The second-order valence-corrected chi connectivity index (χ2v) is 14.1. The quantitative estimate of drug-likeness (QED) is 0.299. The van der Waals surface area contributed by atoms with E-state index in [2.05, 4.69) is 25.6 Å². The van der Waals surface area contributed by atoms with Crippen molar-refractivity contribution in [2.75, 3.05) is 18.4 Å². The van der Waals surface area contributed by atoms with E-state index in [1.807, 2.05) is 13.0 Å². The molecule has 2 fully saturated rings. The maximum absolute atomic E-state index is 15.2. The molecule has 1 spiro atoms. The fourth-order valence-electron chi connectivity index (χ4n) is 7.42. The highest BCUT2D eigenvalue weighted by molar-refractivity contribution is 7.91. The van der Waals surface area contributed by atoms with Gasteiger partial charge in [0.15, 0.2) is 11.4 Å². The summed E-state index contributed by atoms with van der Waals surface area (Å²) in [5, 5.41) is 6.30. The first-order chi connectivity index (χ1) is 21.7. The van der Waals surface area contributed by atoms with Gasteiger partial charge in [-0.1, -0.05) is 0 Å². The zero-order valence-electron chi connectivity index (χ0n) is 24.6. The first kappa shape index (κ1) is 29.3. The molecule has 2 N–H and O–H groups in total. The Bertz CT molecular complexity index is 1910. The highest BCUT2D eigenvalue weighted by Gasteiger charge is 2.74. The molecule has 45 heavy (non-hydrogen) atoms. The Labute approximate surface area is 260 Å². The number of nitrogens with zero attached hydrogens (tertiary/aromatic N) is 4. The molecule has 1 saturated heterocycles. The van der Waals surface area contributed by atoms with E-state index in [0.29, 0.717) is 48.4 Å². The number of amides is 2. The van der Waals surface area contributed by atoms with Crippen LogP contribution in [0.1, 0.15) is 57.7 Å². The van der Waals surface area contributed by atoms with E-state index < -0.39 is 37.1 Å². The predicted octanol–water partition coefficient (Wildman–Crippen LogP) is 4.52. The number of quaternary nitrogens is 1. The Morgan fingerprint density at radius 2 is 1.73 bits per heavy atom. The number of hydrogen-bond acceptors (Lipinski definition) is 8. The largest absolute Gasteiger partial charge is 0.386 e. The molecular formula is C33H32FN6O4S+. The molecule has 4 heterocycles. The Morgan fingerprint density at radius 1 is 0.978 bits per heavy atom. The standard InChI is InChI=1S/C33H31FN6O4S/c1-21-16-25(19-37-18-21)39-31(41)23-4-9-29-27(17-23)33(10-12-35-13-11-33)30(22-2-3-22)40(29,32(42)28-20-36-14-15-38-28)45(43,44)26-7-5-24(34)6-8-26/h4-9,14-20,22,30,35H,2-3,10-13H2,1H3/p+1. The van der Waals surface area contributed by atoms with Crippen LogP contribution >= 0.6 is 0 Å². The Balaban J connectivity index is 1.49. The van der Waals surface area contributed by atoms with Gasteiger partial charge in [0.25, 0.3) is 5.91 Å². The van der Waals surface area contributed by atoms with Gasteiger partial charge >= 0.3 is 15.9 Å². The van der Waals surface area contributed by atoms with Gasteiger partial charge in [0, 0.05) is 41.7 Å². The Morgan fingerprint density at radius 3 is 2.40 bits per heavy atom. The third kappa shape index (κ3) is 4.58. The van der Waals surface area contributed by atoms with Crippen molar-refractivity contribution in [3.63, 3.8) is 0 Å². The van der Waals surface area contributed by atoms with Crippen LogP contribution in [0.25, 0.3) is 0 Å². The van der Waals surface area contributed by atoms with Crippen LogP contribution in [0.15, 0.2) is 84.4 Å². The summed E-state index contributed by atoms with van der Waals surface area (Å²) < 4.78 is 43.4. The zero-order valence-corrected chi connectivity index (χ0v) is 25.4. The fourth-order valence-corrected chi connectivity index (χ4v) is 9.64. The van der Waals surface area contributed by atoms with Crippen molar-refractivity contribution in [2.24, 2.45) is 5.92 Å². The van der Waals surface area contributed by atoms with Crippen LogP contribution in [0.4, 0.5) is 15.8 Å². The molecule has 2 aromatic heterocycles. The van der Waals surface area contributed by atoms with E-state index in [0.717, 1.165) is 30.5 Å². The molecule has 2 aromatic carbocycles. The van der Waals surface area contributed by atoms with E-state index in [4.69, 9.17) is 0 Å². The number of sulfonamides is 1. The lowest BCUT2D eigenvalue weighted by Crippen LogP contribution is -2.67. The van der Waals surface area contributed by atoms with Crippen LogP contribution in [-0.2, 0) is 15.4 Å². The number of rotatable bonds is 6. The van der Waals surface area contributed by atoms with Gasteiger partial charge in [-0.2, -0.15) is 8.42 Å². The summed E-state index contributed by atoms with van der Waals surface area (Å²) in [5.74, 6) is -1.76. The van der Waals surface area contributed by atoms with Crippen molar-refractivity contribution < 1.29 is 22.4 Å². The van der Waals surface area contributed by atoms with Crippen LogP contribution in [0.3, 0.4) is 0 Å². The number of halogens is 1. The summed E-state index contributed by atoms with van der Waals surface area (Å²) in [6.07, 6.45) is 9.99. The van der Waals surface area contributed by atoms with E-state index in [1.54, 1.807) is 30.6 Å². The molecule has 4 aromatic rings. The fraction of sp³-hybridized carbons (Fsp3) is 0.303. The zero-order chi connectivity index (χ0) is 31.4. The first-order valence-corrected chi connectivity index (χ1v) is 16.4. The number of aryl methyl sites for hydroxylation is 1. The molecule has 0 bridgehead atoms. The monoisotopic (exact) mass is 627 g/mol. The van der Waals surface area contributed by atoms with Crippen LogP contribution in [-0.4, -0.2) is 54.3 Å². The average Bonchev–Trinajstić information content (AvgIpc) is 3.85. The summed E-state index contributed by atoms with van der Waals surface area (Å²) in [7, 11) is -4.57. The molecule has 1 saturated carbocycles. The van der Waals surface area contributed by atoms with Crippen molar-refractivity contribution >= 4 is 33.2 Å². The molecule has 2 amide bonds.